The van der Waals surface area contributed by atoms with E-state index in [9.17, 15) is 14.4 Å². The van der Waals surface area contributed by atoms with Gasteiger partial charge >= 0.3 is 6.03 Å². The molecule has 1 atom stereocenters. The van der Waals surface area contributed by atoms with Crippen molar-refractivity contribution in [2.45, 2.75) is 12.5 Å². The molecule has 4 rings (SSSR count). The van der Waals surface area contributed by atoms with Crippen molar-refractivity contribution in [3.8, 4) is 17.2 Å². The number of urea groups is 1. The average Bonchev–Trinajstić information content (AvgIpc) is 3.26. The first-order chi connectivity index (χ1) is 13.4. The van der Waals surface area contributed by atoms with Crippen LogP contribution in [-0.2, 0) is 10.3 Å². The first-order valence-electron chi connectivity index (χ1n) is 8.64. The van der Waals surface area contributed by atoms with Crippen molar-refractivity contribution in [2.24, 2.45) is 0 Å². The smallest absolute Gasteiger partial charge is 0.325 e. The van der Waals surface area contributed by atoms with Crippen LogP contribution >= 0.6 is 0 Å². The maximum atomic E-state index is 13.0. The first-order valence-corrected chi connectivity index (χ1v) is 8.64. The van der Waals surface area contributed by atoms with Crippen molar-refractivity contribution in [3.63, 3.8) is 0 Å². The molecule has 0 aliphatic carbocycles. The number of hydrogen-bond donors (Lipinski definition) is 1. The lowest BCUT2D eigenvalue weighted by atomic mass is 9.91. The molecule has 0 unspecified atom stereocenters. The Hall–Kier alpha value is -3.55. The van der Waals surface area contributed by atoms with Crippen molar-refractivity contribution in [3.05, 3.63) is 53.6 Å². The Morgan fingerprint density at radius 1 is 1.14 bits per heavy atom. The highest BCUT2D eigenvalue weighted by atomic mass is 16.7. The second kappa shape index (κ2) is 6.56. The second-order valence-corrected chi connectivity index (χ2v) is 6.67. The number of carbonyl (C=O) groups excluding carboxylic acids is 3. The standard InChI is InChI=1S/C20H18N2O6/c1-20(13-5-8-16-17(9-13)28-11-27-16)18(24)22(19(25)21-20)10-15(23)12-3-6-14(26-2)7-4-12/h3-9H,10-11H2,1-2H3,(H,21,25)/t20-/m0/s1. The number of ketones is 1. The second-order valence-electron chi connectivity index (χ2n) is 6.67. The number of benzene rings is 2. The van der Waals surface area contributed by atoms with E-state index < -0.39 is 17.5 Å². The SMILES string of the molecule is COc1ccc(C(=O)CN2C(=O)N[C@@](C)(c3ccc4c(c3)OCO4)C2=O)cc1. The van der Waals surface area contributed by atoms with Crippen LogP contribution in [-0.4, -0.2) is 43.1 Å². The Labute approximate surface area is 161 Å². The fourth-order valence-electron chi connectivity index (χ4n) is 3.26. The third-order valence-electron chi connectivity index (χ3n) is 4.94. The topological polar surface area (TPSA) is 94.2 Å². The number of carbonyl (C=O) groups is 3. The molecule has 0 saturated carbocycles. The minimum Gasteiger partial charge on any atom is -0.497 e. The number of ether oxygens (including phenoxy) is 3. The molecule has 2 aliphatic rings. The molecule has 28 heavy (non-hydrogen) atoms. The molecule has 0 aromatic heterocycles. The summed E-state index contributed by atoms with van der Waals surface area (Å²) in [7, 11) is 1.53. The molecule has 1 fully saturated rings. The molecule has 0 bridgehead atoms. The largest absolute Gasteiger partial charge is 0.497 e. The molecule has 144 valence electrons. The number of hydrogen-bond acceptors (Lipinski definition) is 6. The Morgan fingerprint density at radius 3 is 2.57 bits per heavy atom. The van der Waals surface area contributed by atoms with E-state index in [-0.39, 0.29) is 19.1 Å². The van der Waals surface area contributed by atoms with E-state index >= 15 is 0 Å². The monoisotopic (exact) mass is 382 g/mol. The highest BCUT2D eigenvalue weighted by molar-refractivity contribution is 6.11. The maximum absolute atomic E-state index is 13.0. The number of amides is 3. The van der Waals surface area contributed by atoms with Crippen LogP contribution in [0.25, 0.3) is 0 Å². The van der Waals surface area contributed by atoms with E-state index in [0.717, 1.165) is 4.90 Å². The van der Waals surface area contributed by atoms with Crippen LogP contribution < -0.4 is 19.5 Å². The summed E-state index contributed by atoms with van der Waals surface area (Å²) in [5.74, 6) is 0.852. The molecule has 3 amide bonds. The van der Waals surface area contributed by atoms with Crippen molar-refractivity contribution in [1.29, 1.82) is 0 Å². The van der Waals surface area contributed by atoms with Gasteiger partial charge in [-0.3, -0.25) is 14.5 Å². The number of Topliss-reactive ketones (excluding diaryl/α,β-unsaturated/α-hetero) is 1. The maximum Gasteiger partial charge on any atom is 0.325 e. The lowest BCUT2D eigenvalue weighted by Gasteiger charge is -2.22. The van der Waals surface area contributed by atoms with E-state index in [4.69, 9.17) is 14.2 Å². The molecule has 2 aromatic rings. The van der Waals surface area contributed by atoms with E-state index in [0.29, 0.717) is 28.4 Å². The molecule has 2 aliphatic heterocycles. The lowest BCUT2D eigenvalue weighted by molar-refractivity contribution is -0.130. The normalized spacial score (nSPS) is 20.3. The summed E-state index contributed by atoms with van der Waals surface area (Å²) in [6.07, 6.45) is 0. The predicted molar refractivity (Wildman–Crippen MR) is 97.5 cm³/mol. The van der Waals surface area contributed by atoms with Crippen LogP contribution in [0, 0.1) is 0 Å². The van der Waals surface area contributed by atoms with Crippen molar-refractivity contribution >= 4 is 17.7 Å². The van der Waals surface area contributed by atoms with Crippen LogP contribution in [0.4, 0.5) is 4.79 Å². The number of rotatable bonds is 5. The quantitative estimate of drug-likeness (QED) is 0.629. The number of nitrogens with zero attached hydrogens (tertiary/aromatic N) is 1. The molecule has 8 nitrogen and oxygen atoms in total. The summed E-state index contributed by atoms with van der Waals surface area (Å²) >= 11 is 0. The van der Waals surface area contributed by atoms with Crippen molar-refractivity contribution < 1.29 is 28.6 Å². The fraction of sp³-hybridized carbons (Fsp3) is 0.250. The third kappa shape index (κ3) is 2.83. The highest BCUT2D eigenvalue weighted by Crippen LogP contribution is 2.37. The summed E-state index contributed by atoms with van der Waals surface area (Å²) in [6, 6.07) is 10.9. The van der Waals surface area contributed by atoms with E-state index in [1.54, 1.807) is 49.4 Å². The van der Waals surface area contributed by atoms with Crippen molar-refractivity contribution in [2.75, 3.05) is 20.4 Å². The number of fused-ring (bicyclic) bond motifs is 1. The Morgan fingerprint density at radius 2 is 1.86 bits per heavy atom. The highest BCUT2D eigenvalue weighted by Gasteiger charge is 2.49. The van der Waals surface area contributed by atoms with Gasteiger partial charge in [0.05, 0.1) is 13.7 Å². The molecule has 0 radical (unpaired) electrons. The van der Waals surface area contributed by atoms with E-state index in [1.807, 2.05) is 0 Å². The molecular weight excluding hydrogens is 364 g/mol. The molecule has 8 heteroatoms. The number of nitrogens with one attached hydrogen (secondary N) is 1. The van der Waals surface area contributed by atoms with Gasteiger partial charge in [-0.2, -0.15) is 0 Å². The van der Waals surface area contributed by atoms with Gasteiger partial charge in [-0.15, -0.1) is 0 Å². The van der Waals surface area contributed by atoms with Gasteiger partial charge in [-0.05, 0) is 48.9 Å². The molecular formula is C20H18N2O6. The third-order valence-corrected chi connectivity index (χ3v) is 4.94. The van der Waals surface area contributed by atoms with Gasteiger partial charge in [0.25, 0.3) is 5.91 Å². The van der Waals surface area contributed by atoms with Gasteiger partial charge in [0.15, 0.2) is 17.3 Å². The zero-order valence-corrected chi connectivity index (χ0v) is 15.4. The lowest BCUT2D eigenvalue weighted by Crippen LogP contribution is -2.41. The number of imide groups is 1. The molecule has 1 saturated heterocycles. The Balaban J connectivity index is 1.55. The molecule has 1 N–H and O–H groups in total. The van der Waals surface area contributed by atoms with Gasteiger partial charge in [-0.1, -0.05) is 6.07 Å². The zero-order valence-electron chi connectivity index (χ0n) is 15.4. The van der Waals surface area contributed by atoms with Gasteiger partial charge in [0.2, 0.25) is 6.79 Å². The van der Waals surface area contributed by atoms with Crippen LogP contribution in [0.15, 0.2) is 42.5 Å². The predicted octanol–water partition coefficient (Wildman–Crippen LogP) is 2.07. The summed E-state index contributed by atoms with van der Waals surface area (Å²) in [5, 5.41) is 2.68. The fourth-order valence-corrected chi connectivity index (χ4v) is 3.26. The van der Waals surface area contributed by atoms with Gasteiger partial charge < -0.3 is 19.5 Å². The molecule has 0 spiro atoms. The summed E-state index contributed by atoms with van der Waals surface area (Å²) in [5.41, 5.74) is -0.356. The van der Waals surface area contributed by atoms with Crippen LogP contribution in [0.1, 0.15) is 22.8 Å². The zero-order chi connectivity index (χ0) is 19.9. The van der Waals surface area contributed by atoms with Crippen molar-refractivity contribution in [1.82, 2.24) is 10.2 Å². The Kier molecular flexibility index (Phi) is 4.18. The molecule has 2 heterocycles. The van der Waals surface area contributed by atoms with Gasteiger partial charge in [-0.25, -0.2) is 4.79 Å². The minimum absolute atomic E-state index is 0.109. The Bertz CT molecular complexity index is 971. The summed E-state index contributed by atoms with van der Waals surface area (Å²) < 4.78 is 15.7. The summed E-state index contributed by atoms with van der Waals surface area (Å²) in [6.45, 7) is 1.36. The minimum atomic E-state index is -1.29. The molecule has 2 aromatic carbocycles. The van der Waals surface area contributed by atoms with Gasteiger partial charge in [0, 0.05) is 5.56 Å². The van der Waals surface area contributed by atoms with Crippen LogP contribution in [0.3, 0.4) is 0 Å². The number of methoxy groups -OCH3 is 1. The van der Waals surface area contributed by atoms with E-state index in [2.05, 4.69) is 5.32 Å². The summed E-state index contributed by atoms with van der Waals surface area (Å²) in [4.78, 5) is 38.9. The van der Waals surface area contributed by atoms with Crippen LogP contribution in [0.5, 0.6) is 17.2 Å². The van der Waals surface area contributed by atoms with Gasteiger partial charge in [0.1, 0.15) is 11.3 Å². The average molecular weight is 382 g/mol. The van der Waals surface area contributed by atoms with Crippen LogP contribution in [0.2, 0.25) is 0 Å². The first kappa shape index (κ1) is 17.8. The van der Waals surface area contributed by atoms with E-state index in [1.165, 1.54) is 7.11 Å².